The monoisotopic (exact) mass is 177 g/mol. The van der Waals surface area contributed by atoms with Gasteiger partial charge < -0.3 is 15.9 Å². The second kappa shape index (κ2) is 6.60. The number of carboxylic acids is 2. The molecule has 72 valence electrons. The SMILES string of the molecule is CC(C)C(=O)O.CC(N)C(=O)O. The smallest absolute Gasteiger partial charge is 0.320 e. The minimum Gasteiger partial charge on any atom is -0.481 e. The van der Waals surface area contributed by atoms with E-state index in [2.05, 4.69) is 0 Å². The Kier molecular flexibility index (Phi) is 7.42. The number of rotatable bonds is 2. The van der Waals surface area contributed by atoms with Crippen molar-refractivity contribution in [3.8, 4) is 0 Å². The fourth-order valence-electron chi connectivity index (χ4n) is 0. The van der Waals surface area contributed by atoms with Crippen molar-refractivity contribution in [2.45, 2.75) is 26.8 Å². The first-order valence-electron chi connectivity index (χ1n) is 3.50. The van der Waals surface area contributed by atoms with Crippen LogP contribution in [0.2, 0.25) is 0 Å². The fraction of sp³-hybridized carbons (Fsp3) is 0.714. The van der Waals surface area contributed by atoms with E-state index < -0.39 is 18.0 Å². The largest absolute Gasteiger partial charge is 0.481 e. The first-order valence-corrected chi connectivity index (χ1v) is 3.50. The molecular weight excluding hydrogens is 162 g/mol. The molecule has 5 nitrogen and oxygen atoms in total. The standard InChI is InChI=1S/C4H8O2.C3H7NO2/c1-3(2)4(5)6;1-2(4)3(5)6/h3H,1-2H3,(H,5,6);2H,4H2,1H3,(H,5,6). The van der Waals surface area contributed by atoms with Gasteiger partial charge in [-0.3, -0.25) is 9.59 Å². The van der Waals surface area contributed by atoms with E-state index in [0.29, 0.717) is 0 Å². The number of carboxylic acid groups (broad SMARTS) is 2. The zero-order valence-corrected chi connectivity index (χ0v) is 7.44. The molecule has 1 unspecified atom stereocenters. The van der Waals surface area contributed by atoms with Crippen LogP contribution in [0.5, 0.6) is 0 Å². The van der Waals surface area contributed by atoms with Gasteiger partial charge in [-0.2, -0.15) is 0 Å². The summed E-state index contributed by atoms with van der Waals surface area (Å²) in [5.74, 6) is -1.94. The van der Waals surface area contributed by atoms with Gasteiger partial charge in [0.15, 0.2) is 0 Å². The first-order chi connectivity index (χ1) is 5.29. The van der Waals surface area contributed by atoms with Crippen molar-refractivity contribution in [3.05, 3.63) is 0 Å². The molecule has 0 aliphatic carbocycles. The van der Waals surface area contributed by atoms with Crippen molar-refractivity contribution in [3.63, 3.8) is 0 Å². The van der Waals surface area contributed by atoms with Gasteiger partial charge >= 0.3 is 11.9 Å². The third-order valence-corrected chi connectivity index (χ3v) is 0.883. The van der Waals surface area contributed by atoms with Crippen molar-refractivity contribution >= 4 is 11.9 Å². The minimum absolute atomic E-state index is 0.231. The zero-order chi connectivity index (χ0) is 10.3. The highest BCUT2D eigenvalue weighted by Gasteiger charge is 1.99. The Balaban J connectivity index is 0. The van der Waals surface area contributed by atoms with Crippen molar-refractivity contribution in [2.75, 3.05) is 0 Å². The maximum Gasteiger partial charge on any atom is 0.320 e. The molecule has 1 atom stereocenters. The Bertz CT molecular complexity index is 135. The summed E-state index contributed by atoms with van der Waals surface area (Å²) in [5.41, 5.74) is 4.84. The molecule has 0 spiro atoms. The van der Waals surface area contributed by atoms with Crippen LogP contribution in [-0.2, 0) is 9.59 Å². The summed E-state index contributed by atoms with van der Waals surface area (Å²) in [4.78, 5) is 19.3. The average molecular weight is 177 g/mol. The number of carbonyl (C=O) groups is 2. The van der Waals surface area contributed by atoms with Crippen molar-refractivity contribution in [2.24, 2.45) is 11.7 Å². The van der Waals surface area contributed by atoms with Crippen LogP contribution in [0, 0.1) is 5.92 Å². The van der Waals surface area contributed by atoms with Crippen molar-refractivity contribution in [1.29, 1.82) is 0 Å². The minimum atomic E-state index is -0.963. The third-order valence-electron chi connectivity index (χ3n) is 0.883. The lowest BCUT2D eigenvalue weighted by molar-refractivity contribution is -0.140. The van der Waals surface area contributed by atoms with Crippen LogP contribution < -0.4 is 5.73 Å². The molecule has 0 fully saturated rings. The molecule has 0 aromatic rings. The van der Waals surface area contributed by atoms with E-state index in [-0.39, 0.29) is 5.92 Å². The molecule has 0 aromatic carbocycles. The van der Waals surface area contributed by atoms with Gasteiger partial charge in [0.25, 0.3) is 0 Å². The molecule has 4 N–H and O–H groups in total. The summed E-state index contributed by atoms with van der Waals surface area (Å²) in [7, 11) is 0. The Morgan fingerprint density at radius 1 is 1.08 bits per heavy atom. The summed E-state index contributed by atoms with van der Waals surface area (Å²) < 4.78 is 0. The molecule has 12 heavy (non-hydrogen) atoms. The molecule has 0 aliphatic heterocycles. The number of hydrogen-bond acceptors (Lipinski definition) is 3. The average Bonchev–Trinajstić information content (AvgIpc) is 1.88. The topological polar surface area (TPSA) is 101 Å². The van der Waals surface area contributed by atoms with Gasteiger partial charge in [-0.15, -0.1) is 0 Å². The molecule has 0 heterocycles. The predicted octanol–water partition coefficient (Wildman–Crippen LogP) is 0.145. The maximum atomic E-state index is 9.70. The summed E-state index contributed by atoms with van der Waals surface area (Å²) >= 11 is 0. The highest BCUT2D eigenvalue weighted by molar-refractivity contribution is 5.72. The molecular formula is C7H15NO4. The lowest BCUT2D eigenvalue weighted by Crippen LogP contribution is -2.25. The molecule has 0 aliphatic rings. The lowest BCUT2D eigenvalue weighted by Gasteiger charge is -1.90. The van der Waals surface area contributed by atoms with Gasteiger partial charge in [-0.25, -0.2) is 0 Å². The van der Waals surface area contributed by atoms with Gasteiger partial charge in [0.05, 0.1) is 5.92 Å². The van der Waals surface area contributed by atoms with Crippen LogP contribution in [0.25, 0.3) is 0 Å². The summed E-state index contributed by atoms with van der Waals surface area (Å²) in [6.07, 6.45) is 0. The Morgan fingerprint density at radius 3 is 1.25 bits per heavy atom. The zero-order valence-electron chi connectivity index (χ0n) is 7.44. The molecule has 0 rings (SSSR count). The van der Waals surface area contributed by atoms with E-state index in [9.17, 15) is 9.59 Å². The van der Waals surface area contributed by atoms with Gasteiger partial charge in [-0.05, 0) is 6.92 Å². The van der Waals surface area contributed by atoms with Crippen LogP contribution in [0.3, 0.4) is 0 Å². The van der Waals surface area contributed by atoms with Crippen LogP contribution in [0.4, 0.5) is 0 Å². The number of aliphatic carboxylic acids is 2. The van der Waals surface area contributed by atoms with E-state index in [0.717, 1.165) is 0 Å². The molecule has 0 bridgehead atoms. The Labute approximate surface area is 71.2 Å². The Hall–Kier alpha value is -1.10. The summed E-state index contributed by atoms with van der Waals surface area (Å²) in [5, 5.41) is 15.9. The van der Waals surface area contributed by atoms with E-state index in [1.165, 1.54) is 6.92 Å². The van der Waals surface area contributed by atoms with Gasteiger partial charge in [0.2, 0.25) is 0 Å². The van der Waals surface area contributed by atoms with Gasteiger partial charge in [0.1, 0.15) is 6.04 Å². The van der Waals surface area contributed by atoms with E-state index >= 15 is 0 Å². The number of hydrogen-bond donors (Lipinski definition) is 3. The van der Waals surface area contributed by atoms with Crippen LogP contribution in [0.1, 0.15) is 20.8 Å². The van der Waals surface area contributed by atoms with Crippen molar-refractivity contribution < 1.29 is 19.8 Å². The molecule has 0 saturated carbocycles. The van der Waals surface area contributed by atoms with Gasteiger partial charge in [-0.1, -0.05) is 13.8 Å². The highest BCUT2D eigenvalue weighted by Crippen LogP contribution is 1.87. The van der Waals surface area contributed by atoms with E-state index in [1.807, 2.05) is 0 Å². The predicted molar refractivity (Wildman–Crippen MR) is 43.8 cm³/mol. The highest BCUT2D eigenvalue weighted by atomic mass is 16.4. The molecule has 5 heteroatoms. The molecule has 0 amide bonds. The number of nitrogens with two attached hydrogens (primary N) is 1. The molecule has 0 saturated heterocycles. The fourth-order valence-corrected chi connectivity index (χ4v) is 0. The summed E-state index contributed by atoms with van der Waals surface area (Å²) in [6, 6.07) is -0.731. The van der Waals surface area contributed by atoms with Gasteiger partial charge in [0, 0.05) is 0 Å². The Morgan fingerprint density at radius 2 is 1.25 bits per heavy atom. The van der Waals surface area contributed by atoms with Crippen LogP contribution >= 0.6 is 0 Å². The van der Waals surface area contributed by atoms with E-state index in [4.69, 9.17) is 15.9 Å². The van der Waals surface area contributed by atoms with Crippen LogP contribution in [-0.4, -0.2) is 28.2 Å². The first kappa shape index (κ1) is 13.5. The second-order valence-corrected chi connectivity index (χ2v) is 2.62. The van der Waals surface area contributed by atoms with Crippen molar-refractivity contribution in [1.82, 2.24) is 0 Å². The molecule has 0 radical (unpaired) electrons. The maximum absolute atomic E-state index is 9.70. The normalized spacial score (nSPS) is 11.4. The summed E-state index contributed by atoms with van der Waals surface area (Å²) in [6.45, 7) is 4.70. The third kappa shape index (κ3) is 11.7. The lowest BCUT2D eigenvalue weighted by atomic mass is 10.2. The van der Waals surface area contributed by atoms with Crippen LogP contribution in [0.15, 0.2) is 0 Å². The molecule has 0 aromatic heterocycles. The second-order valence-electron chi connectivity index (χ2n) is 2.62. The quantitative estimate of drug-likeness (QED) is 0.557. The van der Waals surface area contributed by atoms with E-state index in [1.54, 1.807) is 13.8 Å².